The zero-order valence-electron chi connectivity index (χ0n) is 15.4. The highest BCUT2D eigenvalue weighted by molar-refractivity contribution is 7.10. The van der Waals surface area contributed by atoms with Crippen molar-refractivity contribution in [1.82, 2.24) is 0 Å². The minimum atomic E-state index is -0.575. The predicted octanol–water partition coefficient (Wildman–Crippen LogP) is 4.88. The Morgan fingerprint density at radius 2 is 1.96 bits per heavy atom. The number of carbonyl (C=O) groups excluding carboxylic acids is 2. The molecule has 136 valence electrons. The third kappa shape index (κ3) is 3.07. The van der Waals surface area contributed by atoms with Crippen LogP contribution >= 0.6 is 11.3 Å². The van der Waals surface area contributed by atoms with Crippen molar-refractivity contribution in [3.8, 4) is 0 Å². The fourth-order valence-electron chi connectivity index (χ4n) is 3.33. The molecule has 4 nitrogen and oxygen atoms in total. The second-order valence-corrected chi connectivity index (χ2v) is 8.07. The number of aryl methyl sites for hydroxylation is 1. The van der Waals surface area contributed by atoms with Crippen LogP contribution in [0.5, 0.6) is 0 Å². The summed E-state index contributed by atoms with van der Waals surface area (Å²) in [4.78, 5) is 28.2. The van der Waals surface area contributed by atoms with Gasteiger partial charge in [-0.3, -0.25) is 14.5 Å². The summed E-state index contributed by atoms with van der Waals surface area (Å²) in [6, 6.07) is 8.96. The van der Waals surface area contributed by atoms with Gasteiger partial charge in [-0.1, -0.05) is 32.0 Å². The first-order valence-electron chi connectivity index (χ1n) is 8.72. The Bertz CT molecular complexity index is 881. The number of nitrogens with zero attached hydrogens (tertiary/aromatic N) is 1. The summed E-state index contributed by atoms with van der Waals surface area (Å²) in [6.45, 7) is 7.84. The van der Waals surface area contributed by atoms with Gasteiger partial charge in [0.15, 0.2) is 11.5 Å². The second kappa shape index (κ2) is 7.08. The summed E-state index contributed by atoms with van der Waals surface area (Å²) in [5.41, 5.74) is 2.97. The molecule has 3 rings (SSSR count). The molecule has 0 saturated heterocycles. The molecule has 0 aliphatic carbocycles. The van der Waals surface area contributed by atoms with Crippen LogP contribution in [0.3, 0.4) is 0 Å². The average Bonchev–Trinajstić information content (AvgIpc) is 3.18. The molecule has 0 bridgehead atoms. The van der Waals surface area contributed by atoms with Crippen molar-refractivity contribution in [1.29, 1.82) is 0 Å². The highest BCUT2D eigenvalue weighted by atomic mass is 32.1. The largest absolute Gasteiger partial charge is 0.503 e. The van der Waals surface area contributed by atoms with Crippen molar-refractivity contribution in [2.75, 3.05) is 4.90 Å². The molecule has 0 spiro atoms. The molecule has 1 aromatic heterocycles. The minimum Gasteiger partial charge on any atom is -0.503 e. The maximum absolute atomic E-state index is 12.9. The maximum atomic E-state index is 12.9. The Kier molecular flexibility index (Phi) is 5.01. The monoisotopic (exact) mass is 369 g/mol. The zero-order valence-corrected chi connectivity index (χ0v) is 16.3. The number of Topliss-reactive ketones (excluding diaryl/α,β-unsaturated/α-hetero) is 1. The van der Waals surface area contributed by atoms with Crippen LogP contribution in [0.1, 0.15) is 42.3 Å². The first-order chi connectivity index (χ1) is 12.3. The molecule has 1 unspecified atom stereocenters. The molecule has 2 aromatic rings. The van der Waals surface area contributed by atoms with Crippen LogP contribution in [-0.4, -0.2) is 16.8 Å². The van der Waals surface area contributed by atoms with E-state index in [-0.39, 0.29) is 17.3 Å². The van der Waals surface area contributed by atoms with Gasteiger partial charge in [0.05, 0.1) is 5.57 Å². The molecule has 1 amide bonds. The fraction of sp³-hybridized carbons (Fsp3) is 0.333. The highest BCUT2D eigenvalue weighted by Gasteiger charge is 2.45. The molecule has 0 radical (unpaired) electrons. The third-order valence-corrected chi connectivity index (χ3v) is 5.68. The second-order valence-electron chi connectivity index (χ2n) is 7.10. The van der Waals surface area contributed by atoms with E-state index in [1.807, 2.05) is 63.4 Å². The molecule has 1 aliphatic heterocycles. The minimum absolute atomic E-state index is 0.150. The fourth-order valence-corrected chi connectivity index (χ4v) is 4.16. The van der Waals surface area contributed by atoms with E-state index in [0.717, 1.165) is 21.7 Å². The topological polar surface area (TPSA) is 57.6 Å². The van der Waals surface area contributed by atoms with Crippen molar-refractivity contribution in [3.05, 3.63) is 63.0 Å². The van der Waals surface area contributed by atoms with Crippen molar-refractivity contribution in [3.63, 3.8) is 0 Å². The molecule has 1 N–H and O–H groups in total. The Morgan fingerprint density at radius 3 is 2.58 bits per heavy atom. The first kappa shape index (κ1) is 18.4. The van der Waals surface area contributed by atoms with Gasteiger partial charge >= 0.3 is 0 Å². The number of benzene rings is 1. The van der Waals surface area contributed by atoms with Gasteiger partial charge in [0.25, 0.3) is 5.91 Å². The van der Waals surface area contributed by atoms with E-state index in [1.54, 1.807) is 4.90 Å². The lowest BCUT2D eigenvalue weighted by molar-refractivity contribution is -0.118. The number of anilines is 1. The molecule has 0 fully saturated rings. The average molecular weight is 369 g/mol. The number of rotatable bonds is 5. The lowest BCUT2D eigenvalue weighted by atomic mass is 9.95. The summed E-state index contributed by atoms with van der Waals surface area (Å²) >= 11 is 1.48. The Morgan fingerprint density at radius 1 is 1.23 bits per heavy atom. The van der Waals surface area contributed by atoms with Gasteiger partial charge in [-0.15, -0.1) is 11.3 Å². The van der Waals surface area contributed by atoms with Gasteiger partial charge < -0.3 is 5.11 Å². The van der Waals surface area contributed by atoms with Crippen LogP contribution in [-0.2, 0) is 9.59 Å². The van der Waals surface area contributed by atoms with Gasteiger partial charge in [-0.2, -0.15) is 0 Å². The number of aliphatic hydroxyl groups excluding tert-OH is 1. The Balaban J connectivity index is 2.16. The lowest BCUT2D eigenvalue weighted by Crippen LogP contribution is -2.31. The number of hydrogen-bond donors (Lipinski definition) is 1. The summed E-state index contributed by atoms with van der Waals surface area (Å²) in [7, 11) is 0. The standard InChI is InChI=1S/C21H23NO3S/c1-12(2)11-16(23)18-19(17-9-6-10-26-17)22(21(25)20(18)24)15-8-5-7-13(3)14(15)4/h5-10,12,19,24H,11H2,1-4H3. The zero-order chi connectivity index (χ0) is 19.0. The number of ketones is 1. The van der Waals surface area contributed by atoms with E-state index in [1.165, 1.54) is 11.3 Å². The number of carbonyl (C=O) groups is 2. The molecule has 0 saturated carbocycles. The number of amides is 1. The summed E-state index contributed by atoms with van der Waals surface area (Å²) < 4.78 is 0. The van der Waals surface area contributed by atoms with Gasteiger partial charge in [-0.05, 0) is 48.4 Å². The number of aliphatic hydroxyl groups is 1. The molecule has 1 atom stereocenters. The Hall–Kier alpha value is -2.40. The van der Waals surface area contributed by atoms with E-state index in [0.29, 0.717) is 6.42 Å². The van der Waals surface area contributed by atoms with E-state index < -0.39 is 17.7 Å². The summed E-state index contributed by atoms with van der Waals surface area (Å²) in [5.74, 6) is -0.951. The van der Waals surface area contributed by atoms with Crippen LogP contribution in [0.2, 0.25) is 0 Å². The molecule has 1 aromatic carbocycles. The normalized spacial score (nSPS) is 17.5. The number of thiophene rings is 1. The van der Waals surface area contributed by atoms with Crippen molar-refractivity contribution < 1.29 is 14.7 Å². The van der Waals surface area contributed by atoms with E-state index >= 15 is 0 Å². The quantitative estimate of drug-likeness (QED) is 0.817. The van der Waals surface area contributed by atoms with Gasteiger partial charge in [0, 0.05) is 17.0 Å². The van der Waals surface area contributed by atoms with E-state index in [4.69, 9.17) is 0 Å². The van der Waals surface area contributed by atoms with E-state index in [2.05, 4.69) is 0 Å². The van der Waals surface area contributed by atoms with E-state index in [9.17, 15) is 14.7 Å². The van der Waals surface area contributed by atoms with Crippen LogP contribution in [0.25, 0.3) is 0 Å². The van der Waals surface area contributed by atoms with Gasteiger partial charge in [0.2, 0.25) is 0 Å². The Labute approximate surface area is 157 Å². The van der Waals surface area contributed by atoms with Gasteiger partial charge in [-0.25, -0.2) is 0 Å². The molecule has 2 heterocycles. The smallest absolute Gasteiger partial charge is 0.294 e. The first-order valence-corrected chi connectivity index (χ1v) is 9.60. The van der Waals surface area contributed by atoms with Crippen molar-refractivity contribution in [2.24, 2.45) is 5.92 Å². The molecular formula is C21H23NO3S. The molecular weight excluding hydrogens is 346 g/mol. The lowest BCUT2D eigenvalue weighted by Gasteiger charge is -2.28. The predicted molar refractivity (Wildman–Crippen MR) is 105 cm³/mol. The van der Waals surface area contributed by atoms with Crippen LogP contribution in [0.15, 0.2) is 47.0 Å². The van der Waals surface area contributed by atoms with Crippen molar-refractivity contribution >= 4 is 28.7 Å². The van der Waals surface area contributed by atoms with Crippen LogP contribution in [0.4, 0.5) is 5.69 Å². The highest BCUT2D eigenvalue weighted by Crippen LogP contribution is 2.44. The van der Waals surface area contributed by atoms with Gasteiger partial charge in [0.1, 0.15) is 6.04 Å². The molecule has 5 heteroatoms. The van der Waals surface area contributed by atoms with Crippen LogP contribution < -0.4 is 4.90 Å². The van der Waals surface area contributed by atoms with Crippen LogP contribution in [0, 0.1) is 19.8 Å². The SMILES string of the molecule is Cc1cccc(N2C(=O)C(O)=C(C(=O)CC(C)C)C2c2cccs2)c1C. The molecule has 26 heavy (non-hydrogen) atoms. The third-order valence-electron chi connectivity index (χ3n) is 4.75. The number of hydrogen-bond acceptors (Lipinski definition) is 4. The molecule has 1 aliphatic rings. The van der Waals surface area contributed by atoms with Crippen molar-refractivity contribution in [2.45, 2.75) is 40.2 Å². The maximum Gasteiger partial charge on any atom is 0.294 e. The summed E-state index contributed by atoms with van der Waals surface area (Å²) in [5, 5.41) is 12.5. The summed E-state index contributed by atoms with van der Waals surface area (Å²) in [6.07, 6.45) is 0.301.